The molecule has 0 aliphatic carbocycles. The van der Waals surface area contributed by atoms with Crippen LogP contribution in [0.3, 0.4) is 0 Å². The van der Waals surface area contributed by atoms with E-state index in [2.05, 4.69) is 5.32 Å². The Hall–Kier alpha value is -3.51. The van der Waals surface area contributed by atoms with Crippen LogP contribution in [0.15, 0.2) is 53.4 Å². The molecule has 2 rings (SSSR count). The fourth-order valence-electron chi connectivity index (χ4n) is 2.70. The number of carbonyl (C=O) groups excluding carboxylic acids is 2. The third kappa shape index (κ3) is 6.49. The van der Waals surface area contributed by atoms with E-state index in [-0.39, 0.29) is 22.0 Å². The Morgan fingerprint density at radius 3 is 2.41 bits per heavy atom. The Kier molecular flexibility index (Phi) is 8.67. The molecule has 0 bridgehead atoms. The number of nitrogens with zero attached hydrogens (tertiary/aromatic N) is 2. The Balaban J connectivity index is 1.91. The molecule has 0 spiro atoms. The second-order valence-corrected chi connectivity index (χ2v) is 8.28. The molecule has 0 aliphatic rings. The molecular weight excluding hydrogens is 442 g/mol. The standard InChI is InChI=1S/C20H23N3O8S/c1-3-22(4-2)32(28,29)16-9-7-8-15(12-16)21-19(24)13-31-20(25)14-30-18-11-6-5-10-17(18)23(26)27/h5-12H,3-4,13-14H2,1-2H3,(H,21,24). The van der Waals surface area contributed by atoms with Crippen molar-refractivity contribution in [2.45, 2.75) is 18.7 Å². The minimum Gasteiger partial charge on any atom is -0.475 e. The number of rotatable bonds is 11. The summed E-state index contributed by atoms with van der Waals surface area (Å²) < 4.78 is 36.3. The van der Waals surface area contributed by atoms with E-state index >= 15 is 0 Å². The molecule has 2 aromatic carbocycles. The molecular formula is C20H23N3O8S. The van der Waals surface area contributed by atoms with E-state index in [9.17, 15) is 28.1 Å². The lowest BCUT2D eigenvalue weighted by Gasteiger charge is -2.18. The van der Waals surface area contributed by atoms with E-state index in [1.807, 2.05) is 0 Å². The van der Waals surface area contributed by atoms with Crippen molar-refractivity contribution >= 4 is 33.3 Å². The molecule has 2 aromatic rings. The number of benzene rings is 2. The molecule has 32 heavy (non-hydrogen) atoms. The zero-order chi connectivity index (χ0) is 23.7. The normalized spacial score (nSPS) is 11.1. The first-order valence-electron chi connectivity index (χ1n) is 9.61. The smallest absolute Gasteiger partial charge is 0.344 e. The lowest BCUT2D eigenvalue weighted by atomic mass is 10.3. The maximum absolute atomic E-state index is 12.6. The van der Waals surface area contributed by atoms with Crippen molar-refractivity contribution in [3.63, 3.8) is 0 Å². The van der Waals surface area contributed by atoms with E-state index in [0.29, 0.717) is 13.1 Å². The molecule has 0 radical (unpaired) electrons. The van der Waals surface area contributed by atoms with Crippen molar-refractivity contribution in [2.24, 2.45) is 0 Å². The summed E-state index contributed by atoms with van der Waals surface area (Å²) in [5.74, 6) is -1.71. The number of nitrogens with one attached hydrogen (secondary N) is 1. The second-order valence-electron chi connectivity index (χ2n) is 6.34. The summed E-state index contributed by atoms with van der Waals surface area (Å²) in [4.78, 5) is 34.2. The maximum atomic E-state index is 12.6. The lowest BCUT2D eigenvalue weighted by molar-refractivity contribution is -0.385. The van der Waals surface area contributed by atoms with E-state index in [1.54, 1.807) is 13.8 Å². The quantitative estimate of drug-likeness (QED) is 0.302. The number of sulfonamides is 1. The van der Waals surface area contributed by atoms with Gasteiger partial charge in [-0.3, -0.25) is 14.9 Å². The number of para-hydroxylation sites is 2. The highest BCUT2D eigenvalue weighted by molar-refractivity contribution is 7.89. The third-order valence-electron chi connectivity index (χ3n) is 4.23. The Bertz CT molecular complexity index is 1080. The number of amides is 1. The van der Waals surface area contributed by atoms with Gasteiger partial charge in [0.25, 0.3) is 5.91 Å². The molecule has 0 aliphatic heterocycles. The summed E-state index contributed by atoms with van der Waals surface area (Å²) >= 11 is 0. The van der Waals surface area contributed by atoms with Crippen LogP contribution < -0.4 is 10.1 Å². The molecule has 12 heteroatoms. The van der Waals surface area contributed by atoms with Gasteiger partial charge >= 0.3 is 11.7 Å². The molecule has 0 fully saturated rings. The van der Waals surface area contributed by atoms with Gasteiger partial charge in [0.2, 0.25) is 10.0 Å². The molecule has 172 valence electrons. The molecule has 0 unspecified atom stereocenters. The van der Waals surface area contributed by atoms with Crippen LogP contribution in [-0.2, 0) is 24.3 Å². The van der Waals surface area contributed by atoms with Crippen molar-refractivity contribution in [2.75, 3.05) is 31.6 Å². The molecule has 0 saturated carbocycles. The van der Waals surface area contributed by atoms with Gasteiger partial charge in [0.15, 0.2) is 19.0 Å². The summed E-state index contributed by atoms with van der Waals surface area (Å²) in [6, 6.07) is 11.2. The van der Waals surface area contributed by atoms with Gasteiger partial charge in [0.05, 0.1) is 9.82 Å². The Labute approximate surface area is 185 Å². The molecule has 0 saturated heterocycles. The van der Waals surface area contributed by atoms with Crippen LogP contribution in [0.4, 0.5) is 11.4 Å². The van der Waals surface area contributed by atoms with Crippen molar-refractivity contribution in [3.8, 4) is 5.75 Å². The second kappa shape index (κ2) is 11.2. The number of nitro benzene ring substituents is 1. The number of hydrogen-bond acceptors (Lipinski definition) is 8. The molecule has 1 amide bonds. The minimum atomic E-state index is -3.70. The predicted molar refractivity (Wildman–Crippen MR) is 115 cm³/mol. The number of ether oxygens (including phenoxy) is 2. The van der Waals surface area contributed by atoms with Gasteiger partial charge in [-0.1, -0.05) is 32.0 Å². The van der Waals surface area contributed by atoms with Crippen molar-refractivity contribution in [3.05, 3.63) is 58.6 Å². The van der Waals surface area contributed by atoms with Crippen LogP contribution in [0.2, 0.25) is 0 Å². The summed E-state index contributed by atoms with van der Waals surface area (Å²) in [5.41, 5.74) is -0.0898. The minimum absolute atomic E-state index is 0.0221. The van der Waals surface area contributed by atoms with Crippen LogP contribution in [0.1, 0.15) is 13.8 Å². The summed E-state index contributed by atoms with van der Waals surface area (Å²) in [7, 11) is -3.70. The van der Waals surface area contributed by atoms with Gasteiger partial charge in [-0.25, -0.2) is 13.2 Å². The van der Waals surface area contributed by atoms with Gasteiger partial charge in [0, 0.05) is 24.8 Å². The van der Waals surface area contributed by atoms with Gasteiger partial charge in [-0.2, -0.15) is 4.31 Å². The van der Waals surface area contributed by atoms with Crippen LogP contribution in [0, 0.1) is 10.1 Å². The highest BCUT2D eigenvalue weighted by Crippen LogP contribution is 2.25. The Morgan fingerprint density at radius 1 is 1.06 bits per heavy atom. The number of nitro groups is 1. The predicted octanol–water partition coefficient (Wildman–Crippen LogP) is 2.19. The van der Waals surface area contributed by atoms with Gasteiger partial charge in [-0.15, -0.1) is 0 Å². The van der Waals surface area contributed by atoms with Gasteiger partial charge < -0.3 is 14.8 Å². The van der Waals surface area contributed by atoms with E-state index < -0.39 is 40.0 Å². The number of hydrogen-bond donors (Lipinski definition) is 1. The van der Waals surface area contributed by atoms with Crippen molar-refractivity contribution in [1.29, 1.82) is 0 Å². The SMILES string of the molecule is CCN(CC)S(=O)(=O)c1cccc(NC(=O)COC(=O)COc2ccccc2[N+](=O)[O-])c1. The topological polar surface area (TPSA) is 145 Å². The largest absolute Gasteiger partial charge is 0.475 e. The average Bonchev–Trinajstić information content (AvgIpc) is 2.77. The van der Waals surface area contributed by atoms with Gasteiger partial charge in [-0.05, 0) is 24.3 Å². The van der Waals surface area contributed by atoms with Crippen molar-refractivity contribution in [1.82, 2.24) is 4.31 Å². The van der Waals surface area contributed by atoms with E-state index in [4.69, 9.17) is 9.47 Å². The fourth-order valence-corrected chi connectivity index (χ4v) is 4.20. The van der Waals surface area contributed by atoms with E-state index in [1.165, 1.54) is 52.8 Å². The first-order valence-corrected chi connectivity index (χ1v) is 11.0. The summed E-state index contributed by atoms with van der Waals surface area (Å²) in [5, 5.41) is 13.4. The summed E-state index contributed by atoms with van der Waals surface area (Å²) in [6.45, 7) is 2.78. The van der Waals surface area contributed by atoms with Crippen LogP contribution in [-0.4, -0.2) is 55.8 Å². The van der Waals surface area contributed by atoms with Crippen LogP contribution in [0.25, 0.3) is 0 Å². The lowest BCUT2D eigenvalue weighted by Crippen LogP contribution is -2.30. The first kappa shape index (κ1) is 24.8. The molecule has 1 N–H and O–H groups in total. The van der Waals surface area contributed by atoms with Crippen molar-refractivity contribution < 1.29 is 32.4 Å². The molecule has 0 heterocycles. The van der Waals surface area contributed by atoms with Crippen LogP contribution in [0.5, 0.6) is 5.75 Å². The highest BCUT2D eigenvalue weighted by Gasteiger charge is 2.22. The number of anilines is 1. The zero-order valence-corrected chi connectivity index (χ0v) is 18.3. The third-order valence-corrected chi connectivity index (χ3v) is 6.28. The number of esters is 1. The number of carbonyl (C=O) groups is 2. The molecule has 0 atom stereocenters. The van der Waals surface area contributed by atoms with Crippen LogP contribution >= 0.6 is 0 Å². The maximum Gasteiger partial charge on any atom is 0.344 e. The molecule has 0 aromatic heterocycles. The Morgan fingerprint density at radius 2 is 1.75 bits per heavy atom. The molecule has 11 nitrogen and oxygen atoms in total. The summed E-state index contributed by atoms with van der Waals surface area (Å²) in [6.07, 6.45) is 0. The first-order chi connectivity index (χ1) is 15.2. The fraction of sp³-hybridized carbons (Fsp3) is 0.300. The van der Waals surface area contributed by atoms with E-state index in [0.717, 1.165) is 0 Å². The average molecular weight is 465 g/mol. The van der Waals surface area contributed by atoms with Gasteiger partial charge in [0.1, 0.15) is 0 Å². The zero-order valence-electron chi connectivity index (χ0n) is 17.5. The highest BCUT2D eigenvalue weighted by atomic mass is 32.2. The monoisotopic (exact) mass is 465 g/mol.